The van der Waals surface area contributed by atoms with E-state index in [1.807, 2.05) is 0 Å². The Kier molecular flexibility index (Phi) is 5.56. The van der Waals surface area contributed by atoms with Crippen molar-refractivity contribution in [3.63, 3.8) is 0 Å². The van der Waals surface area contributed by atoms with Crippen molar-refractivity contribution in [2.75, 3.05) is 31.6 Å². The molecule has 1 atom stereocenters. The van der Waals surface area contributed by atoms with Gasteiger partial charge in [0, 0.05) is 20.1 Å². The quantitative estimate of drug-likeness (QED) is 0.860. The minimum absolute atomic E-state index is 0.164. The van der Waals surface area contributed by atoms with Crippen molar-refractivity contribution >= 4 is 23.5 Å². The van der Waals surface area contributed by atoms with E-state index in [2.05, 4.69) is 0 Å². The molecule has 0 saturated carbocycles. The maximum atomic E-state index is 13.0. The fourth-order valence-electron chi connectivity index (χ4n) is 3.01. The Morgan fingerprint density at radius 3 is 2.70 bits per heavy atom. The molecule has 3 rings (SSSR count). The van der Waals surface area contributed by atoms with Gasteiger partial charge in [-0.3, -0.25) is 14.4 Å². The molecule has 27 heavy (non-hydrogen) atoms. The summed E-state index contributed by atoms with van der Waals surface area (Å²) < 4.78 is 10.6. The minimum atomic E-state index is -0.974. The first-order chi connectivity index (χ1) is 13.0. The molecule has 0 radical (unpaired) electrons. The predicted molar refractivity (Wildman–Crippen MR) is 95.8 cm³/mol. The van der Waals surface area contributed by atoms with E-state index in [-0.39, 0.29) is 37.1 Å². The third kappa shape index (κ3) is 4.17. The summed E-state index contributed by atoms with van der Waals surface area (Å²) in [6.45, 7) is 0.821. The number of anilines is 1. The highest BCUT2D eigenvalue weighted by atomic mass is 16.5. The van der Waals surface area contributed by atoms with Gasteiger partial charge in [-0.1, -0.05) is 12.1 Å². The van der Waals surface area contributed by atoms with E-state index >= 15 is 0 Å². The molecule has 1 N–H and O–H groups in total. The number of amides is 2. The number of hydrogen-bond donors (Lipinski definition) is 1. The lowest BCUT2D eigenvalue weighted by molar-refractivity contribution is -0.141. The number of carbonyl (C=O) groups excluding carboxylic acids is 2. The predicted octanol–water partition coefficient (Wildman–Crippen LogP) is 1.87. The van der Waals surface area contributed by atoms with Gasteiger partial charge in [-0.15, -0.1) is 0 Å². The molecule has 2 aromatic rings. The van der Waals surface area contributed by atoms with E-state index in [4.69, 9.17) is 14.3 Å². The highest BCUT2D eigenvalue weighted by Gasteiger charge is 2.29. The maximum Gasteiger partial charge on any atom is 0.306 e. The Balaban J connectivity index is 1.81. The van der Waals surface area contributed by atoms with Crippen molar-refractivity contribution in [1.82, 2.24) is 4.90 Å². The van der Waals surface area contributed by atoms with E-state index in [1.165, 1.54) is 11.2 Å². The maximum absolute atomic E-state index is 13.0. The summed E-state index contributed by atoms with van der Waals surface area (Å²) in [6.07, 6.45) is 0.700. The molecule has 8 heteroatoms. The van der Waals surface area contributed by atoms with Crippen LogP contribution in [0.1, 0.15) is 27.3 Å². The lowest BCUT2D eigenvalue weighted by Gasteiger charge is -2.33. The van der Waals surface area contributed by atoms with Gasteiger partial charge in [0.25, 0.3) is 11.8 Å². The number of hydrogen-bond acceptors (Lipinski definition) is 5. The van der Waals surface area contributed by atoms with E-state index in [9.17, 15) is 14.4 Å². The van der Waals surface area contributed by atoms with E-state index in [0.717, 1.165) is 0 Å². The average molecular weight is 372 g/mol. The molecule has 1 aromatic heterocycles. The summed E-state index contributed by atoms with van der Waals surface area (Å²) in [5.74, 6) is -1.44. The normalized spacial score (nSPS) is 16.8. The topological polar surface area (TPSA) is 100 Å². The molecular formula is C19H20N2O6. The summed E-state index contributed by atoms with van der Waals surface area (Å²) in [4.78, 5) is 39.4. The van der Waals surface area contributed by atoms with Crippen molar-refractivity contribution < 1.29 is 28.6 Å². The van der Waals surface area contributed by atoms with Gasteiger partial charge in [-0.2, -0.15) is 0 Å². The van der Waals surface area contributed by atoms with E-state index < -0.39 is 12.1 Å². The molecule has 1 aliphatic rings. The van der Waals surface area contributed by atoms with E-state index in [1.54, 1.807) is 48.3 Å². The molecule has 1 unspecified atom stereocenters. The van der Waals surface area contributed by atoms with Gasteiger partial charge in [0.05, 0.1) is 36.6 Å². The van der Waals surface area contributed by atoms with Gasteiger partial charge >= 0.3 is 5.97 Å². The third-order valence-electron chi connectivity index (χ3n) is 4.36. The summed E-state index contributed by atoms with van der Waals surface area (Å²) >= 11 is 0. The number of benzene rings is 1. The molecule has 1 aromatic carbocycles. The lowest BCUT2D eigenvalue weighted by atomic mass is 10.1. The van der Waals surface area contributed by atoms with Crippen LogP contribution in [0, 0.1) is 0 Å². The van der Waals surface area contributed by atoms with Gasteiger partial charge in [0.15, 0.2) is 5.76 Å². The number of morpholine rings is 1. The summed E-state index contributed by atoms with van der Waals surface area (Å²) in [5.41, 5.74) is 0.807. The molecule has 2 amide bonds. The molecule has 1 fully saturated rings. The molecule has 1 saturated heterocycles. The number of para-hydroxylation sites is 1. The molecule has 1 aliphatic heterocycles. The van der Waals surface area contributed by atoms with E-state index in [0.29, 0.717) is 17.8 Å². The largest absolute Gasteiger partial charge is 0.481 e. The second-order valence-corrected chi connectivity index (χ2v) is 6.20. The zero-order chi connectivity index (χ0) is 19.4. The Morgan fingerprint density at radius 2 is 2.00 bits per heavy atom. The van der Waals surface area contributed by atoms with Gasteiger partial charge < -0.3 is 24.1 Å². The highest BCUT2D eigenvalue weighted by molar-refractivity contribution is 6.09. The van der Waals surface area contributed by atoms with Crippen LogP contribution >= 0.6 is 0 Å². The molecule has 8 nitrogen and oxygen atoms in total. The summed E-state index contributed by atoms with van der Waals surface area (Å²) in [6, 6.07) is 9.96. The highest BCUT2D eigenvalue weighted by Crippen LogP contribution is 2.24. The fourth-order valence-corrected chi connectivity index (χ4v) is 3.01. The van der Waals surface area contributed by atoms with Crippen LogP contribution in [0.4, 0.5) is 5.69 Å². The van der Waals surface area contributed by atoms with Crippen LogP contribution in [0.25, 0.3) is 0 Å². The third-order valence-corrected chi connectivity index (χ3v) is 4.36. The first-order valence-corrected chi connectivity index (χ1v) is 8.50. The molecule has 2 heterocycles. The molecule has 0 spiro atoms. The molecule has 142 valence electrons. The Bertz CT molecular complexity index is 832. The van der Waals surface area contributed by atoms with Crippen molar-refractivity contribution in [1.29, 1.82) is 0 Å². The smallest absolute Gasteiger partial charge is 0.306 e. The van der Waals surface area contributed by atoms with Crippen LogP contribution in [0.15, 0.2) is 47.1 Å². The number of aliphatic carboxylic acids is 1. The van der Waals surface area contributed by atoms with Crippen LogP contribution in [0.2, 0.25) is 0 Å². The zero-order valence-corrected chi connectivity index (χ0v) is 14.8. The number of carbonyl (C=O) groups is 3. The first kappa shape index (κ1) is 18.7. The van der Waals surface area contributed by atoms with Crippen LogP contribution in [0.3, 0.4) is 0 Å². The van der Waals surface area contributed by atoms with Crippen LogP contribution < -0.4 is 4.90 Å². The van der Waals surface area contributed by atoms with Gasteiger partial charge in [-0.05, 0) is 24.3 Å². The van der Waals surface area contributed by atoms with Crippen LogP contribution in [0.5, 0.6) is 0 Å². The number of ether oxygens (including phenoxy) is 1. The SMILES string of the molecule is CN(C(=O)c1ccco1)c1ccccc1C(=O)N1CCOC(CC(=O)O)C1. The Hall–Kier alpha value is -3.13. The second-order valence-electron chi connectivity index (χ2n) is 6.20. The van der Waals surface area contributed by atoms with Gasteiger partial charge in [-0.25, -0.2) is 0 Å². The summed E-state index contributed by atoms with van der Waals surface area (Å²) in [5, 5.41) is 8.94. The molecule has 0 bridgehead atoms. The first-order valence-electron chi connectivity index (χ1n) is 8.50. The van der Waals surface area contributed by atoms with Crippen molar-refractivity contribution in [3.8, 4) is 0 Å². The second kappa shape index (κ2) is 8.05. The molecular weight excluding hydrogens is 352 g/mol. The molecule has 0 aliphatic carbocycles. The summed E-state index contributed by atoms with van der Waals surface area (Å²) in [7, 11) is 1.57. The number of furan rings is 1. The Labute approximate surface area is 155 Å². The minimum Gasteiger partial charge on any atom is -0.481 e. The fraction of sp³-hybridized carbons (Fsp3) is 0.316. The van der Waals surface area contributed by atoms with Crippen molar-refractivity contribution in [2.24, 2.45) is 0 Å². The van der Waals surface area contributed by atoms with Crippen LogP contribution in [-0.2, 0) is 9.53 Å². The van der Waals surface area contributed by atoms with Crippen LogP contribution in [-0.4, -0.2) is 60.6 Å². The zero-order valence-electron chi connectivity index (χ0n) is 14.8. The monoisotopic (exact) mass is 372 g/mol. The number of carboxylic acid groups (broad SMARTS) is 1. The lowest BCUT2D eigenvalue weighted by Crippen LogP contribution is -2.46. The van der Waals surface area contributed by atoms with Crippen molar-refractivity contribution in [2.45, 2.75) is 12.5 Å². The number of carboxylic acids is 1. The van der Waals surface area contributed by atoms with Gasteiger partial charge in [0.2, 0.25) is 0 Å². The number of nitrogens with zero attached hydrogens (tertiary/aromatic N) is 2. The average Bonchev–Trinajstić information content (AvgIpc) is 3.20. The van der Waals surface area contributed by atoms with Gasteiger partial charge in [0.1, 0.15) is 0 Å². The Morgan fingerprint density at radius 1 is 1.22 bits per heavy atom. The van der Waals surface area contributed by atoms with Crippen molar-refractivity contribution in [3.05, 3.63) is 54.0 Å². The standard InChI is InChI=1S/C19H20N2O6/c1-20(19(25)16-7-4-9-27-16)15-6-3-2-5-14(15)18(24)21-8-10-26-13(12-21)11-17(22)23/h2-7,9,13H,8,10-12H2,1H3,(H,22,23). The number of rotatable bonds is 5.